The number of fused-ring (bicyclic) bond motifs is 2. The number of nitrogens with one attached hydrogen (secondary N) is 1. The maximum atomic E-state index is 13.1. The summed E-state index contributed by atoms with van der Waals surface area (Å²) in [6.07, 6.45) is 2.99. The molecule has 0 saturated carbocycles. The molecular formula is C25H20N6O4. The molecule has 0 radical (unpaired) electrons. The van der Waals surface area contributed by atoms with Gasteiger partial charge in [-0.1, -0.05) is 48.5 Å². The number of amides is 1. The summed E-state index contributed by atoms with van der Waals surface area (Å²) in [7, 11) is 0. The van der Waals surface area contributed by atoms with Gasteiger partial charge in [0.1, 0.15) is 11.7 Å². The van der Waals surface area contributed by atoms with Crippen molar-refractivity contribution in [2.75, 3.05) is 6.54 Å². The van der Waals surface area contributed by atoms with Crippen LogP contribution in [0.3, 0.4) is 0 Å². The lowest BCUT2D eigenvalue weighted by atomic mass is 10.0. The third-order valence-electron chi connectivity index (χ3n) is 5.77. The monoisotopic (exact) mass is 468 g/mol. The lowest BCUT2D eigenvalue weighted by molar-refractivity contribution is -0.384. The predicted molar refractivity (Wildman–Crippen MR) is 130 cm³/mol. The van der Waals surface area contributed by atoms with Gasteiger partial charge < -0.3 is 5.32 Å². The first-order valence-electron chi connectivity index (χ1n) is 10.9. The zero-order valence-electron chi connectivity index (χ0n) is 18.5. The molecule has 0 atom stereocenters. The Morgan fingerprint density at radius 3 is 2.69 bits per heavy atom. The molecule has 2 heterocycles. The van der Waals surface area contributed by atoms with Crippen molar-refractivity contribution in [1.29, 1.82) is 0 Å². The van der Waals surface area contributed by atoms with Crippen molar-refractivity contribution in [2.24, 2.45) is 0 Å². The summed E-state index contributed by atoms with van der Waals surface area (Å²) in [6.45, 7) is 0.872. The first-order valence-corrected chi connectivity index (χ1v) is 10.9. The lowest BCUT2D eigenvalue weighted by Gasteiger charge is -2.09. The van der Waals surface area contributed by atoms with Crippen LogP contribution in [0.2, 0.25) is 0 Å². The highest BCUT2D eigenvalue weighted by Gasteiger charge is 2.13. The lowest BCUT2D eigenvalue weighted by Crippen LogP contribution is -2.27. The standard InChI is InChI=1S/C25H20N6O4/c32-24(18-7-4-9-20(13-18)31(34)35)26-11-12-30-23-22(14-28-30)25(33)29(16-27-23)15-19-8-3-6-17-5-1-2-10-21(17)19/h1-10,13-14,16H,11-12,15H2,(H,26,32). The smallest absolute Gasteiger partial charge is 0.270 e. The van der Waals surface area contributed by atoms with E-state index in [4.69, 9.17) is 0 Å². The van der Waals surface area contributed by atoms with E-state index < -0.39 is 10.8 Å². The SMILES string of the molecule is O=C(NCCn1ncc2c(=O)n(Cc3cccc4ccccc34)cnc21)c1cccc([N+](=O)[O-])c1. The molecule has 2 aromatic heterocycles. The zero-order chi connectivity index (χ0) is 24.4. The maximum Gasteiger partial charge on any atom is 0.270 e. The number of nitrogens with zero attached hydrogens (tertiary/aromatic N) is 5. The Balaban J connectivity index is 1.31. The molecule has 5 aromatic rings. The summed E-state index contributed by atoms with van der Waals surface area (Å²) < 4.78 is 3.10. The minimum Gasteiger partial charge on any atom is -0.350 e. The number of non-ortho nitro benzene ring substituents is 1. The Kier molecular flexibility index (Phi) is 5.76. The van der Waals surface area contributed by atoms with Crippen molar-refractivity contribution in [3.8, 4) is 0 Å². The number of aromatic nitrogens is 4. The van der Waals surface area contributed by atoms with E-state index in [1.807, 2.05) is 42.5 Å². The fraction of sp³-hybridized carbons (Fsp3) is 0.120. The molecule has 0 spiro atoms. The fourth-order valence-electron chi connectivity index (χ4n) is 4.03. The van der Waals surface area contributed by atoms with E-state index in [1.165, 1.54) is 36.8 Å². The normalized spacial score (nSPS) is 11.1. The van der Waals surface area contributed by atoms with Gasteiger partial charge in [-0.25, -0.2) is 9.67 Å². The first kappa shape index (κ1) is 22.0. The van der Waals surface area contributed by atoms with E-state index in [1.54, 1.807) is 9.25 Å². The molecule has 0 fully saturated rings. The fourth-order valence-corrected chi connectivity index (χ4v) is 4.03. The average Bonchev–Trinajstić information content (AvgIpc) is 3.29. The minimum atomic E-state index is -0.550. The van der Waals surface area contributed by atoms with Gasteiger partial charge in [0.2, 0.25) is 0 Å². The Morgan fingerprint density at radius 2 is 1.83 bits per heavy atom. The second-order valence-electron chi connectivity index (χ2n) is 7.98. The van der Waals surface area contributed by atoms with Crippen molar-refractivity contribution in [3.63, 3.8) is 0 Å². The van der Waals surface area contributed by atoms with Crippen LogP contribution in [0.15, 0.2) is 84.0 Å². The summed E-state index contributed by atoms with van der Waals surface area (Å²) in [6, 6.07) is 19.5. The van der Waals surface area contributed by atoms with E-state index in [-0.39, 0.29) is 29.9 Å². The third kappa shape index (κ3) is 4.36. The summed E-state index contributed by atoms with van der Waals surface area (Å²) in [4.78, 5) is 40.2. The maximum absolute atomic E-state index is 13.1. The Hall–Kier alpha value is -4.86. The molecular weight excluding hydrogens is 448 g/mol. The molecule has 174 valence electrons. The number of benzene rings is 3. The van der Waals surface area contributed by atoms with Gasteiger partial charge in [0.25, 0.3) is 17.2 Å². The third-order valence-corrected chi connectivity index (χ3v) is 5.77. The second-order valence-corrected chi connectivity index (χ2v) is 7.98. The van der Waals surface area contributed by atoms with Crippen LogP contribution in [0, 0.1) is 10.1 Å². The second kappa shape index (κ2) is 9.18. The van der Waals surface area contributed by atoms with Crippen molar-refractivity contribution in [2.45, 2.75) is 13.1 Å². The minimum absolute atomic E-state index is 0.153. The largest absolute Gasteiger partial charge is 0.350 e. The summed E-state index contributed by atoms with van der Waals surface area (Å²) in [5, 5.41) is 20.5. The molecule has 5 rings (SSSR count). The number of hydrogen-bond donors (Lipinski definition) is 1. The summed E-state index contributed by atoms with van der Waals surface area (Å²) in [5.41, 5.74) is 1.28. The van der Waals surface area contributed by atoms with E-state index in [2.05, 4.69) is 15.4 Å². The van der Waals surface area contributed by atoms with Crippen LogP contribution < -0.4 is 10.9 Å². The van der Waals surface area contributed by atoms with Crippen LogP contribution >= 0.6 is 0 Å². The molecule has 10 nitrogen and oxygen atoms in total. The van der Waals surface area contributed by atoms with Gasteiger partial charge in [-0.05, 0) is 22.4 Å². The van der Waals surface area contributed by atoms with Crippen LogP contribution in [0.1, 0.15) is 15.9 Å². The van der Waals surface area contributed by atoms with Crippen LogP contribution in [0.25, 0.3) is 21.8 Å². The Labute approximate surface area is 198 Å². The Morgan fingerprint density at radius 1 is 1.03 bits per heavy atom. The van der Waals surface area contributed by atoms with Crippen LogP contribution in [0.4, 0.5) is 5.69 Å². The van der Waals surface area contributed by atoms with Crippen LogP contribution in [0.5, 0.6) is 0 Å². The predicted octanol–water partition coefficient (Wildman–Crippen LogP) is 3.13. The molecule has 0 aliphatic rings. The van der Waals surface area contributed by atoms with Crippen molar-refractivity contribution < 1.29 is 9.72 Å². The molecule has 0 bridgehead atoms. The van der Waals surface area contributed by atoms with Crippen molar-refractivity contribution in [3.05, 3.63) is 111 Å². The molecule has 35 heavy (non-hydrogen) atoms. The van der Waals surface area contributed by atoms with Gasteiger partial charge in [-0.3, -0.25) is 24.3 Å². The highest BCUT2D eigenvalue weighted by Crippen LogP contribution is 2.19. The number of nitro benzene ring substituents is 1. The van der Waals surface area contributed by atoms with E-state index in [9.17, 15) is 19.7 Å². The van der Waals surface area contributed by atoms with Gasteiger partial charge >= 0.3 is 0 Å². The molecule has 0 aliphatic heterocycles. The summed E-state index contributed by atoms with van der Waals surface area (Å²) in [5.74, 6) is -0.435. The highest BCUT2D eigenvalue weighted by atomic mass is 16.6. The number of hydrogen-bond acceptors (Lipinski definition) is 6. The quantitative estimate of drug-likeness (QED) is 0.289. The molecule has 0 unspecified atom stereocenters. The van der Waals surface area contributed by atoms with Gasteiger partial charge in [0.05, 0.1) is 24.2 Å². The molecule has 0 aliphatic carbocycles. The molecule has 10 heteroatoms. The van der Waals surface area contributed by atoms with Gasteiger partial charge in [0.15, 0.2) is 5.65 Å². The van der Waals surface area contributed by atoms with E-state index in [0.29, 0.717) is 17.6 Å². The zero-order valence-corrected chi connectivity index (χ0v) is 18.5. The van der Waals surface area contributed by atoms with Gasteiger partial charge in [-0.2, -0.15) is 5.10 Å². The van der Waals surface area contributed by atoms with Gasteiger partial charge in [0, 0.05) is 24.2 Å². The molecule has 1 N–H and O–H groups in total. The number of rotatable bonds is 7. The number of carbonyl (C=O) groups excluding carboxylic acids is 1. The molecule has 0 saturated heterocycles. The Bertz CT molecular complexity index is 1630. The first-order chi connectivity index (χ1) is 17.0. The topological polar surface area (TPSA) is 125 Å². The van der Waals surface area contributed by atoms with Crippen molar-refractivity contribution >= 4 is 33.4 Å². The van der Waals surface area contributed by atoms with E-state index >= 15 is 0 Å². The van der Waals surface area contributed by atoms with Crippen LogP contribution in [-0.2, 0) is 13.1 Å². The van der Waals surface area contributed by atoms with Crippen LogP contribution in [-0.4, -0.2) is 36.7 Å². The molecule has 1 amide bonds. The average molecular weight is 468 g/mol. The summed E-state index contributed by atoms with van der Waals surface area (Å²) >= 11 is 0. The number of nitro groups is 1. The van der Waals surface area contributed by atoms with Crippen molar-refractivity contribution in [1.82, 2.24) is 24.6 Å². The highest BCUT2D eigenvalue weighted by molar-refractivity contribution is 5.94. The van der Waals surface area contributed by atoms with Gasteiger partial charge in [-0.15, -0.1) is 0 Å². The van der Waals surface area contributed by atoms with E-state index in [0.717, 1.165) is 16.3 Å². The number of carbonyl (C=O) groups is 1. The molecule has 3 aromatic carbocycles.